The highest BCUT2D eigenvalue weighted by atomic mass is 16.4. The van der Waals surface area contributed by atoms with Crippen LogP contribution in [-0.4, -0.2) is 44.7 Å². The van der Waals surface area contributed by atoms with Gasteiger partial charge in [-0.3, -0.25) is 4.79 Å². The van der Waals surface area contributed by atoms with E-state index in [2.05, 4.69) is 6.07 Å². The molecule has 146 valence electrons. The lowest BCUT2D eigenvalue weighted by atomic mass is 9.89. The van der Waals surface area contributed by atoms with E-state index >= 15 is 0 Å². The summed E-state index contributed by atoms with van der Waals surface area (Å²) in [6.07, 6.45) is 8.79. The van der Waals surface area contributed by atoms with Crippen LogP contribution in [0.25, 0.3) is 0 Å². The molecule has 0 saturated heterocycles. The Hall–Kier alpha value is -1.68. The zero-order valence-corrected chi connectivity index (χ0v) is 15.4. The lowest BCUT2D eigenvalue weighted by molar-refractivity contribution is -0.137. The zero-order valence-electron chi connectivity index (χ0n) is 15.4. The monoisotopic (exact) mass is 365 g/mol. The number of hydrogen-bond donors (Lipinski definition) is 4. The SMILES string of the molecule is CC(C#N)CC[C@@H](O)C=C[C@H]1C(O)CC(O)[C@@H]1CC=CCCCC(=O)O. The van der Waals surface area contributed by atoms with Gasteiger partial charge in [-0.05, 0) is 44.9 Å². The first-order chi connectivity index (χ1) is 12.3. The Morgan fingerprint density at radius 2 is 2.00 bits per heavy atom. The molecule has 1 saturated carbocycles. The Morgan fingerprint density at radius 3 is 2.65 bits per heavy atom. The fourth-order valence-corrected chi connectivity index (χ4v) is 3.29. The number of rotatable bonds is 11. The zero-order chi connectivity index (χ0) is 19.5. The Morgan fingerprint density at radius 1 is 1.27 bits per heavy atom. The molecule has 0 aromatic carbocycles. The van der Waals surface area contributed by atoms with Crippen molar-refractivity contribution in [2.45, 2.75) is 70.2 Å². The fraction of sp³-hybridized carbons (Fsp3) is 0.700. The Labute approximate surface area is 155 Å². The number of aliphatic carboxylic acids is 1. The number of hydrogen-bond acceptors (Lipinski definition) is 5. The molecule has 6 heteroatoms. The van der Waals surface area contributed by atoms with Crippen LogP contribution in [0.3, 0.4) is 0 Å². The number of carboxylic acid groups (broad SMARTS) is 1. The number of nitrogens with zero attached hydrogens (tertiary/aromatic N) is 1. The molecule has 0 aromatic heterocycles. The van der Waals surface area contributed by atoms with E-state index in [1.807, 2.05) is 19.1 Å². The first-order valence-corrected chi connectivity index (χ1v) is 9.34. The van der Waals surface area contributed by atoms with Gasteiger partial charge in [0.15, 0.2) is 0 Å². The van der Waals surface area contributed by atoms with Crippen molar-refractivity contribution < 1.29 is 25.2 Å². The van der Waals surface area contributed by atoms with Gasteiger partial charge in [0.2, 0.25) is 0 Å². The Kier molecular flexibility index (Phi) is 10.2. The van der Waals surface area contributed by atoms with E-state index in [9.17, 15) is 20.1 Å². The summed E-state index contributed by atoms with van der Waals surface area (Å²) in [5, 5.41) is 47.7. The molecule has 4 N–H and O–H groups in total. The van der Waals surface area contributed by atoms with Gasteiger partial charge in [-0.15, -0.1) is 0 Å². The number of nitriles is 1. The minimum Gasteiger partial charge on any atom is -0.481 e. The van der Waals surface area contributed by atoms with Crippen molar-refractivity contribution in [2.24, 2.45) is 17.8 Å². The van der Waals surface area contributed by atoms with Gasteiger partial charge < -0.3 is 20.4 Å². The van der Waals surface area contributed by atoms with Gasteiger partial charge in [-0.2, -0.15) is 5.26 Å². The third-order valence-corrected chi connectivity index (χ3v) is 4.92. The fourth-order valence-electron chi connectivity index (χ4n) is 3.29. The molecule has 26 heavy (non-hydrogen) atoms. The molecular weight excluding hydrogens is 334 g/mol. The van der Waals surface area contributed by atoms with Crippen LogP contribution in [0.5, 0.6) is 0 Å². The Balaban J connectivity index is 2.50. The molecule has 6 nitrogen and oxygen atoms in total. The maximum absolute atomic E-state index is 10.5. The van der Waals surface area contributed by atoms with Gasteiger partial charge in [0.05, 0.1) is 24.4 Å². The maximum Gasteiger partial charge on any atom is 0.303 e. The molecule has 0 aromatic rings. The van der Waals surface area contributed by atoms with E-state index < -0.39 is 24.3 Å². The van der Waals surface area contributed by atoms with Gasteiger partial charge in [0.1, 0.15) is 0 Å². The van der Waals surface area contributed by atoms with E-state index in [0.717, 1.165) is 0 Å². The lowest BCUT2D eigenvalue weighted by Gasteiger charge is -2.19. The topological polar surface area (TPSA) is 122 Å². The van der Waals surface area contributed by atoms with Gasteiger partial charge >= 0.3 is 5.97 Å². The number of aliphatic hydroxyl groups is 3. The summed E-state index contributed by atoms with van der Waals surface area (Å²) in [5.41, 5.74) is 0. The maximum atomic E-state index is 10.5. The van der Waals surface area contributed by atoms with E-state index in [-0.39, 0.29) is 24.2 Å². The van der Waals surface area contributed by atoms with E-state index in [1.165, 1.54) is 0 Å². The normalized spacial score (nSPS) is 28.4. The van der Waals surface area contributed by atoms with Crippen LogP contribution in [0.2, 0.25) is 0 Å². The summed E-state index contributed by atoms with van der Waals surface area (Å²) in [6.45, 7) is 1.81. The average molecular weight is 365 g/mol. The molecule has 0 radical (unpaired) electrons. The summed E-state index contributed by atoms with van der Waals surface area (Å²) in [7, 11) is 0. The van der Waals surface area contributed by atoms with Crippen LogP contribution < -0.4 is 0 Å². The third kappa shape index (κ3) is 8.13. The van der Waals surface area contributed by atoms with Crippen molar-refractivity contribution in [1.82, 2.24) is 0 Å². The van der Waals surface area contributed by atoms with Gasteiger partial charge in [-0.1, -0.05) is 24.3 Å². The summed E-state index contributed by atoms with van der Waals surface area (Å²) < 4.78 is 0. The first kappa shape index (κ1) is 22.4. The van der Waals surface area contributed by atoms with Crippen LogP contribution in [0.15, 0.2) is 24.3 Å². The minimum absolute atomic E-state index is 0.101. The largest absolute Gasteiger partial charge is 0.481 e. The quantitative estimate of drug-likeness (QED) is 0.329. The highest BCUT2D eigenvalue weighted by Gasteiger charge is 2.39. The van der Waals surface area contributed by atoms with Crippen molar-refractivity contribution in [3.63, 3.8) is 0 Å². The predicted octanol–water partition coefficient (Wildman–Crippen LogP) is 2.40. The third-order valence-electron chi connectivity index (χ3n) is 4.92. The van der Waals surface area contributed by atoms with Crippen LogP contribution in [-0.2, 0) is 4.79 Å². The molecule has 0 amide bonds. The first-order valence-electron chi connectivity index (χ1n) is 9.34. The highest BCUT2D eigenvalue weighted by molar-refractivity contribution is 5.66. The molecule has 1 aliphatic carbocycles. The Bertz CT molecular complexity index is 525. The molecular formula is C20H31NO5. The number of carbonyl (C=O) groups is 1. The molecule has 0 aliphatic heterocycles. The van der Waals surface area contributed by atoms with Crippen molar-refractivity contribution in [1.29, 1.82) is 5.26 Å². The van der Waals surface area contributed by atoms with Crippen LogP contribution >= 0.6 is 0 Å². The van der Waals surface area contributed by atoms with Crippen molar-refractivity contribution in [3.05, 3.63) is 24.3 Å². The van der Waals surface area contributed by atoms with Crippen LogP contribution in [0, 0.1) is 29.1 Å². The molecule has 3 unspecified atom stereocenters. The summed E-state index contributed by atoms with van der Waals surface area (Å²) in [5.74, 6) is -1.25. The molecule has 1 fully saturated rings. The molecule has 6 atom stereocenters. The lowest BCUT2D eigenvalue weighted by Crippen LogP contribution is -2.20. The minimum atomic E-state index is -0.805. The predicted molar refractivity (Wildman–Crippen MR) is 98.0 cm³/mol. The standard InChI is InChI=1S/C20H31NO5/c1-14(13-21)8-9-15(22)10-11-17-16(18(23)12-19(17)24)6-4-2-3-5-7-20(25)26/h2,4,10-11,14-19,22-24H,3,5-9,12H2,1H3,(H,25,26)/t14?,15-,16-,17-,18?,19?/m1/s1. The molecule has 0 bridgehead atoms. The van der Waals surface area contributed by atoms with E-state index in [4.69, 9.17) is 10.4 Å². The summed E-state index contributed by atoms with van der Waals surface area (Å²) >= 11 is 0. The number of aliphatic hydroxyl groups excluding tert-OH is 3. The molecule has 1 rings (SSSR count). The summed E-state index contributed by atoms with van der Waals surface area (Å²) in [6, 6.07) is 2.13. The number of carboxylic acids is 1. The second kappa shape index (κ2) is 11.8. The average Bonchev–Trinajstić information content (AvgIpc) is 2.86. The molecule has 1 aliphatic rings. The molecule has 0 heterocycles. The number of allylic oxidation sites excluding steroid dienone is 2. The van der Waals surface area contributed by atoms with Crippen LogP contribution in [0.1, 0.15) is 51.9 Å². The van der Waals surface area contributed by atoms with Crippen molar-refractivity contribution in [3.8, 4) is 6.07 Å². The second-order valence-electron chi connectivity index (χ2n) is 7.16. The number of unbranched alkanes of at least 4 members (excludes halogenated alkanes) is 1. The van der Waals surface area contributed by atoms with Gasteiger partial charge in [0.25, 0.3) is 0 Å². The summed E-state index contributed by atoms with van der Waals surface area (Å²) in [4.78, 5) is 10.5. The molecule has 0 spiro atoms. The van der Waals surface area contributed by atoms with Crippen LogP contribution in [0.4, 0.5) is 0 Å². The van der Waals surface area contributed by atoms with E-state index in [1.54, 1.807) is 12.2 Å². The van der Waals surface area contributed by atoms with Crippen molar-refractivity contribution in [2.75, 3.05) is 0 Å². The second-order valence-corrected chi connectivity index (χ2v) is 7.16. The van der Waals surface area contributed by atoms with E-state index in [0.29, 0.717) is 38.5 Å². The van der Waals surface area contributed by atoms with Gasteiger partial charge in [0, 0.05) is 24.7 Å². The van der Waals surface area contributed by atoms with Gasteiger partial charge in [-0.25, -0.2) is 0 Å². The smallest absolute Gasteiger partial charge is 0.303 e. The van der Waals surface area contributed by atoms with Crippen molar-refractivity contribution >= 4 is 5.97 Å². The highest BCUT2D eigenvalue weighted by Crippen LogP contribution is 2.36.